The average molecular weight is 491 g/mol. The largest absolute Gasteiger partial charge is 0.457 e. The van der Waals surface area contributed by atoms with Crippen LogP contribution in [0.15, 0.2) is 72.2 Å². The summed E-state index contributed by atoms with van der Waals surface area (Å²) in [5.41, 5.74) is 2.23. The van der Waals surface area contributed by atoms with Gasteiger partial charge in [-0.2, -0.15) is 0 Å². The monoisotopic (exact) mass is 491 g/mol. The lowest BCUT2D eigenvalue weighted by Crippen LogP contribution is -2.38. The SMILES string of the molecule is CN=C(NCCn1ccnc1)NCc1ccc(C)cc1Oc1ccccc1.I. The summed E-state index contributed by atoms with van der Waals surface area (Å²) in [6, 6.07) is 16.0. The Bertz CT molecular complexity index is 866. The first kappa shape index (κ1) is 21.7. The van der Waals surface area contributed by atoms with Crippen molar-refractivity contribution in [3.63, 3.8) is 0 Å². The first-order valence-electron chi connectivity index (χ1n) is 8.97. The second kappa shape index (κ2) is 11.3. The van der Waals surface area contributed by atoms with Crippen LogP contribution in [-0.2, 0) is 13.1 Å². The first-order chi connectivity index (χ1) is 13.2. The normalized spacial score (nSPS) is 10.9. The number of para-hydroxylation sites is 1. The van der Waals surface area contributed by atoms with E-state index >= 15 is 0 Å². The highest BCUT2D eigenvalue weighted by molar-refractivity contribution is 14.0. The van der Waals surface area contributed by atoms with Gasteiger partial charge >= 0.3 is 0 Å². The van der Waals surface area contributed by atoms with Crippen LogP contribution in [0.4, 0.5) is 0 Å². The van der Waals surface area contributed by atoms with E-state index in [1.807, 2.05) is 41.1 Å². The van der Waals surface area contributed by atoms with Crippen molar-refractivity contribution in [1.29, 1.82) is 0 Å². The smallest absolute Gasteiger partial charge is 0.191 e. The van der Waals surface area contributed by atoms with Crippen molar-refractivity contribution >= 4 is 29.9 Å². The number of imidazole rings is 1. The topological polar surface area (TPSA) is 63.5 Å². The summed E-state index contributed by atoms with van der Waals surface area (Å²) < 4.78 is 8.10. The van der Waals surface area contributed by atoms with E-state index in [0.717, 1.165) is 41.7 Å². The molecule has 0 atom stereocenters. The number of hydrogen-bond donors (Lipinski definition) is 2. The van der Waals surface area contributed by atoms with Gasteiger partial charge in [0.1, 0.15) is 11.5 Å². The van der Waals surface area contributed by atoms with Gasteiger partial charge < -0.3 is 19.9 Å². The van der Waals surface area contributed by atoms with Crippen molar-refractivity contribution in [2.24, 2.45) is 4.99 Å². The van der Waals surface area contributed by atoms with Crippen LogP contribution in [0.25, 0.3) is 0 Å². The molecule has 0 aliphatic heterocycles. The maximum absolute atomic E-state index is 6.08. The Hall–Kier alpha value is -2.55. The number of aromatic nitrogens is 2. The molecule has 0 saturated carbocycles. The molecule has 148 valence electrons. The highest BCUT2D eigenvalue weighted by Gasteiger charge is 2.07. The molecule has 0 fully saturated rings. The van der Waals surface area contributed by atoms with Gasteiger partial charge in [-0.05, 0) is 30.7 Å². The number of benzene rings is 2. The van der Waals surface area contributed by atoms with Crippen molar-refractivity contribution in [2.45, 2.75) is 20.0 Å². The van der Waals surface area contributed by atoms with Crippen molar-refractivity contribution in [2.75, 3.05) is 13.6 Å². The second-order valence-electron chi connectivity index (χ2n) is 6.18. The van der Waals surface area contributed by atoms with E-state index in [1.54, 1.807) is 19.6 Å². The lowest BCUT2D eigenvalue weighted by molar-refractivity contribution is 0.474. The van der Waals surface area contributed by atoms with Crippen molar-refractivity contribution in [1.82, 2.24) is 20.2 Å². The van der Waals surface area contributed by atoms with Gasteiger partial charge in [0.2, 0.25) is 0 Å². The minimum Gasteiger partial charge on any atom is -0.457 e. The Morgan fingerprint density at radius 3 is 2.68 bits per heavy atom. The molecule has 7 heteroatoms. The molecule has 2 N–H and O–H groups in total. The number of halogens is 1. The number of guanidine groups is 1. The number of aliphatic imine (C=N–C) groups is 1. The third-order valence-corrected chi connectivity index (χ3v) is 4.09. The van der Waals surface area contributed by atoms with Gasteiger partial charge in [-0.3, -0.25) is 4.99 Å². The van der Waals surface area contributed by atoms with Crippen LogP contribution < -0.4 is 15.4 Å². The Balaban J connectivity index is 0.00000280. The predicted molar refractivity (Wildman–Crippen MR) is 124 cm³/mol. The molecule has 0 unspecified atom stereocenters. The van der Waals surface area contributed by atoms with Gasteiger partial charge in [-0.25, -0.2) is 4.98 Å². The average Bonchev–Trinajstić information content (AvgIpc) is 3.20. The Labute approximate surface area is 183 Å². The Kier molecular flexibility index (Phi) is 8.80. The fraction of sp³-hybridized carbons (Fsp3) is 0.238. The number of ether oxygens (including phenoxy) is 1. The van der Waals surface area contributed by atoms with Crippen molar-refractivity contribution < 1.29 is 4.74 Å². The fourth-order valence-corrected chi connectivity index (χ4v) is 2.64. The molecular weight excluding hydrogens is 465 g/mol. The van der Waals surface area contributed by atoms with Crippen LogP contribution in [0.3, 0.4) is 0 Å². The van der Waals surface area contributed by atoms with Gasteiger partial charge in [0.05, 0.1) is 6.33 Å². The number of hydrogen-bond acceptors (Lipinski definition) is 3. The molecule has 1 heterocycles. The third kappa shape index (κ3) is 6.56. The number of nitrogens with one attached hydrogen (secondary N) is 2. The molecular formula is C21H26IN5O. The van der Waals surface area contributed by atoms with Crippen molar-refractivity contribution in [3.8, 4) is 11.5 Å². The van der Waals surface area contributed by atoms with E-state index in [1.165, 1.54) is 0 Å². The zero-order chi connectivity index (χ0) is 18.9. The molecule has 0 aliphatic carbocycles. The fourth-order valence-electron chi connectivity index (χ4n) is 2.64. The summed E-state index contributed by atoms with van der Waals surface area (Å²) in [7, 11) is 1.77. The van der Waals surface area contributed by atoms with E-state index in [9.17, 15) is 0 Å². The molecule has 3 rings (SSSR count). The van der Waals surface area contributed by atoms with Gasteiger partial charge in [0.15, 0.2) is 5.96 Å². The molecule has 2 aromatic carbocycles. The molecule has 1 aromatic heterocycles. The highest BCUT2D eigenvalue weighted by Crippen LogP contribution is 2.26. The van der Waals surface area contributed by atoms with Crippen LogP contribution in [0, 0.1) is 6.92 Å². The molecule has 0 radical (unpaired) electrons. The van der Waals surface area contributed by atoms with E-state index < -0.39 is 0 Å². The van der Waals surface area contributed by atoms with Gasteiger partial charge in [0.25, 0.3) is 0 Å². The van der Waals surface area contributed by atoms with Gasteiger partial charge in [-0.15, -0.1) is 24.0 Å². The van der Waals surface area contributed by atoms with Crippen LogP contribution in [0.1, 0.15) is 11.1 Å². The summed E-state index contributed by atoms with van der Waals surface area (Å²) in [5, 5.41) is 6.65. The molecule has 0 aliphatic rings. The predicted octanol–water partition coefficient (Wildman–Crippen LogP) is 3.97. The molecule has 0 saturated heterocycles. The second-order valence-corrected chi connectivity index (χ2v) is 6.18. The van der Waals surface area contributed by atoms with Crippen LogP contribution >= 0.6 is 24.0 Å². The minimum absolute atomic E-state index is 0. The van der Waals surface area contributed by atoms with E-state index in [4.69, 9.17) is 4.74 Å². The zero-order valence-corrected chi connectivity index (χ0v) is 18.5. The van der Waals surface area contributed by atoms with Gasteiger partial charge in [-0.1, -0.05) is 30.3 Å². The van der Waals surface area contributed by atoms with E-state index in [0.29, 0.717) is 6.54 Å². The maximum Gasteiger partial charge on any atom is 0.191 e. The number of rotatable bonds is 7. The summed E-state index contributed by atoms with van der Waals surface area (Å²) in [6.45, 7) is 4.27. The molecule has 0 bridgehead atoms. The molecule has 28 heavy (non-hydrogen) atoms. The zero-order valence-electron chi connectivity index (χ0n) is 16.1. The minimum atomic E-state index is 0. The number of aryl methyl sites for hydroxylation is 1. The number of nitrogens with zero attached hydrogens (tertiary/aromatic N) is 3. The van der Waals surface area contributed by atoms with Crippen LogP contribution in [0.2, 0.25) is 0 Å². The van der Waals surface area contributed by atoms with Crippen molar-refractivity contribution in [3.05, 3.63) is 78.4 Å². The van der Waals surface area contributed by atoms with Crippen LogP contribution in [-0.4, -0.2) is 29.1 Å². The lowest BCUT2D eigenvalue weighted by atomic mass is 10.1. The quantitative estimate of drug-likeness (QED) is 0.299. The molecule has 6 nitrogen and oxygen atoms in total. The Morgan fingerprint density at radius 1 is 1.14 bits per heavy atom. The maximum atomic E-state index is 6.08. The summed E-state index contributed by atoms with van der Waals surface area (Å²) >= 11 is 0. The summed E-state index contributed by atoms with van der Waals surface area (Å²) in [6.07, 6.45) is 5.52. The standard InChI is InChI=1S/C21H25N5O.HI/c1-17-8-9-18(20(14-17)27-19-6-4-3-5-7-19)15-25-21(22-2)24-11-13-26-12-10-23-16-26;/h3-10,12,14,16H,11,13,15H2,1-2H3,(H2,22,24,25);1H. The highest BCUT2D eigenvalue weighted by atomic mass is 127. The summed E-state index contributed by atoms with van der Waals surface area (Å²) in [4.78, 5) is 8.32. The lowest BCUT2D eigenvalue weighted by Gasteiger charge is -2.15. The summed E-state index contributed by atoms with van der Waals surface area (Å²) in [5.74, 6) is 2.43. The third-order valence-electron chi connectivity index (χ3n) is 4.09. The van der Waals surface area contributed by atoms with Crippen LogP contribution in [0.5, 0.6) is 11.5 Å². The molecule has 3 aromatic rings. The van der Waals surface area contributed by atoms with E-state index in [2.05, 4.69) is 45.7 Å². The molecule has 0 amide bonds. The first-order valence-corrected chi connectivity index (χ1v) is 8.97. The van der Waals surface area contributed by atoms with Gasteiger partial charge in [0, 0.05) is 44.6 Å². The van der Waals surface area contributed by atoms with E-state index in [-0.39, 0.29) is 24.0 Å². The molecule has 0 spiro atoms. The Morgan fingerprint density at radius 2 is 1.96 bits per heavy atom.